The van der Waals surface area contributed by atoms with E-state index in [-0.39, 0.29) is 5.91 Å². The van der Waals surface area contributed by atoms with Gasteiger partial charge < -0.3 is 5.32 Å². The molecule has 1 N–H and O–H groups in total. The predicted molar refractivity (Wildman–Crippen MR) is 104 cm³/mol. The fraction of sp³-hybridized carbons (Fsp3) is 0.273. The van der Waals surface area contributed by atoms with E-state index in [4.69, 9.17) is 4.98 Å². The number of aryl methyl sites for hydroxylation is 2. The van der Waals surface area contributed by atoms with E-state index in [1.165, 1.54) is 0 Å². The Hall–Kier alpha value is -2.68. The minimum absolute atomic E-state index is 0.0893. The highest BCUT2D eigenvalue weighted by atomic mass is 16.1. The molecule has 0 spiro atoms. The van der Waals surface area contributed by atoms with Crippen LogP contribution in [-0.2, 0) is 6.42 Å². The van der Waals surface area contributed by atoms with Gasteiger partial charge in [-0.1, -0.05) is 38.1 Å². The molecular weight excluding hydrogens is 308 g/mol. The first kappa shape index (κ1) is 17.2. The molecule has 1 aromatic heterocycles. The number of rotatable bonds is 4. The summed E-state index contributed by atoms with van der Waals surface area (Å²) in [5.74, 6) is 0.401. The van der Waals surface area contributed by atoms with Crippen LogP contribution in [0.4, 0.5) is 5.69 Å². The standard InChI is InChI=1S/C22H24N2O/c1-14(2)9-17-13-20(19-7-5-6-8-21(19)23-17)22(25)24-18-11-15(3)10-16(4)12-18/h5-8,10-14H,9H2,1-4H3,(H,24,25). The smallest absolute Gasteiger partial charge is 0.256 e. The number of benzene rings is 2. The molecule has 0 saturated heterocycles. The molecule has 3 aromatic rings. The van der Waals surface area contributed by atoms with Crippen molar-refractivity contribution in [2.24, 2.45) is 5.92 Å². The molecule has 3 nitrogen and oxygen atoms in total. The molecular formula is C22H24N2O. The largest absolute Gasteiger partial charge is 0.322 e. The second-order valence-electron chi connectivity index (χ2n) is 7.11. The number of nitrogens with one attached hydrogen (secondary N) is 1. The third kappa shape index (κ3) is 4.05. The Labute approximate surface area is 149 Å². The molecule has 0 aliphatic heterocycles. The number of carbonyl (C=O) groups is 1. The average molecular weight is 332 g/mol. The van der Waals surface area contributed by atoms with Gasteiger partial charge in [-0.3, -0.25) is 9.78 Å². The quantitative estimate of drug-likeness (QED) is 0.704. The van der Waals surface area contributed by atoms with E-state index in [0.29, 0.717) is 11.5 Å². The third-order valence-corrected chi connectivity index (χ3v) is 4.11. The first-order valence-electron chi connectivity index (χ1n) is 8.70. The van der Waals surface area contributed by atoms with Gasteiger partial charge in [-0.05, 0) is 61.6 Å². The van der Waals surface area contributed by atoms with Crippen LogP contribution in [-0.4, -0.2) is 10.9 Å². The van der Waals surface area contributed by atoms with Crippen LogP contribution in [0.25, 0.3) is 10.9 Å². The van der Waals surface area contributed by atoms with E-state index < -0.39 is 0 Å². The summed E-state index contributed by atoms with van der Waals surface area (Å²) >= 11 is 0. The van der Waals surface area contributed by atoms with Crippen LogP contribution in [0.2, 0.25) is 0 Å². The van der Waals surface area contributed by atoms with Crippen molar-refractivity contribution >= 4 is 22.5 Å². The number of fused-ring (bicyclic) bond motifs is 1. The number of hydrogen-bond donors (Lipinski definition) is 1. The topological polar surface area (TPSA) is 42.0 Å². The van der Waals surface area contributed by atoms with Gasteiger partial charge in [0.1, 0.15) is 0 Å². The van der Waals surface area contributed by atoms with Gasteiger partial charge in [0.05, 0.1) is 11.1 Å². The van der Waals surface area contributed by atoms with Crippen LogP contribution in [0.15, 0.2) is 48.5 Å². The normalized spacial score (nSPS) is 11.1. The molecule has 0 aliphatic carbocycles. The Morgan fingerprint density at radius 1 is 1.04 bits per heavy atom. The maximum Gasteiger partial charge on any atom is 0.256 e. The molecule has 0 aliphatic rings. The number of carbonyl (C=O) groups excluding carboxylic acids is 1. The summed E-state index contributed by atoms with van der Waals surface area (Å²) in [6.45, 7) is 8.38. The highest BCUT2D eigenvalue weighted by molar-refractivity contribution is 6.12. The summed E-state index contributed by atoms with van der Waals surface area (Å²) in [5, 5.41) is 3.93. The molecule has 0 fully saturated rings. The predicted octanol–water partition coefficient (Wildman–Crippen LogP) is 5.30. The number of anilines is 1. The van der Waals surface area contributed by atoms with Crippen molar-refractivity contribution in [2.45, 2.75) is 34.1 Å². The van der Waals surface area contributed by atoms with E-state index in [0.717, 1.165) is 39.8 Å². The summed E-state index contributed by atoms with van der Waals surface area (Å²) in [6.07, 6.45) is 0.856. The Kier molecular flexibility index (Phi) is 4.84. The van der Waals surface area contributed by atoms with Crippen molar-refractivity contribution in [3.8, 4) is 0 Å². The number of aromatic nitrogens is 1. The summed E-state index contributed by atoms with van der Waals surface area (Å²) in [7, 11) is 0. The molecule has 3 heteroatoms. The number of amides is 1. The van der Waals surface area contributed by atoms with Gasteiger partial charge in [-0.25, -0.2) is 0 Å². The minimum atomic E-state index is -0.0893. The van der Waals surface area contributed by atoms with Gasteiger partial charge in [-0.15, -0.1) is 0 Å². The molecule has 1 heterocycles. The van der Waals surface area contributed by atoms with Crippen LogP contribution in [0.3, 0.4) is 0 Å². The van der Waals surface area contributed by atoms with E-state index >= 15 is 0 Å². The van der Waals surface area contributed by atoms with E-state index in [9.17, 15) is 4.79 Å². The molecule has 0 bridgehead atoms. The Morgan fingerprint density at radius 2 is 1.72 bits per heavy atom. The van der Waals surface area contributed by atoms with Crippen LogP contribution in [0, 0.1) is 19.8 Å². The summed E-state index contributed by atoms with van der Waals surface area (Å²) < 4.78 is 0. The average Bonchev–Trinajstić information content (AvgIpc) is 2.52. The lowest BCUT2D eigenvalue weighted by Gasteiger charge is -2.12. The first-order valence-corrected chi connectivity index (χ1v) is 8.70. The SMILES string of the molecule is Cc1cc(C)cc(NC(=O)c2cc(CC(C)C)nc3ccccc23)c1. The van der Waals surface area contributed by atoms with Crippen molar-refractivity contribution in [3.05, 3.63) is 70.9 Å². The number of hydrogen-bond acceptors (Lipinski definition) is 2. The number of nitrogens with zero attached hydrogens (tertiary/aromatic N) is 1. The van der Waals surface area contributed by atoms with Crippen molar-refractivity contribution in [1.82, 2.24) is 4.98 Å². The summed E-state index contributed by atoms with van der Waals surface area (Å²) in [4.78, 5) is 17.7. The van der Waals surface area contributed by atoms with E-state index in [1.807, 2.05) is 56.3 Å². The number of pyridine rings is 1. The van der Waals surface area contributed by atoms with Crippen LogP contribution in [0.1, 0.15) is 41.0 Å². The minimum Gasteiger partial charge on any atom is -0.322 e. The second-order valence-corrected chi connectivity index (χ2v) is 7.11. The molecule has 1 amide bonds. The lowest BCUT2D eigenvalue weighted by Crippen LogP contribution is -2.14. The van der Waals surface area contributed by atoms with Gasteiger partial charge in [0.25, 0.3) is 5.91 Å². The molecule has 0 atom stereocenters. The molecule has 128 valence electrons. The molecule has 0 unspecified atom stereocenters. The van der Waals surface area contributed by atoms with Crippen molar-refractivity contribution in [2.75, 3.05) is 5.32 Å². The van der Waals surface area contributed by atoms with Crippen molar-refractivity contribution < 1.29 is 4.79 Å². The van der Waals surface area contributed by atoms with Crippen LogP contribution >= 0.6 is 0 Å². The third-order valence-electron chi connectivity index (χ3n) is 4.11. The fourth-order valence-electron chi connectivity index (χ4n) is 3.19. The molecule has 0 radical (unpaired) electrons. The lowest BCUT2D eigenvalue weighted by molar-refractivity contribution is 0.102. The van der Waals surface area contributed by atoms with Crippen LogP contribution in [0.5, 0.6) is 0 Å². The Morgan fingerprint density at radius 3 is 2.40 bits per heavy atom. The maximum atomic E-state index is 12.9. The molecule has 3 rings (SSSR count). The zero-order valence-electron chi connectivity index (χ0n) is 15.3. The zero-order valence-corrected chi connectivity index (χ0v) is 15.3. The van der Waals surface area contributed by atoms with Gasteiger partial charge in [0.2, 0.25) is 0 Å². The molecule has 0 saturated carbocycles. The monoisotopic (exact) mass is 332 g/mol. The van der Waals surface area contributed by atoms with Crippen LogP contribution < -0.4 is 5.32 Å². The van der Waals surface area contributed by atoms with Crippen molar-refractivity contribution in [1.29, 1.82) is 0 Å². The Bertz CT molecular complexity index is 908. The molecule has 25 heavy (non-hydrogen) atoms. The van der Waals surface area contributed by atoms with Gasteiger partial charge in [0.15, 0.2) is 0 Å². The van der Waals surface area contributed by atoms with Crippen molar-refractivity contribution in [3.63, 3.8) is 0 Å². The Balaban J connectivity index is 2.02. The fourth-order valence-corrected chi connectivity index (χ4v) is 3.19. The number of para-hydroxylation sites is 1. The van der Waals surface area contributed by atoms with E-state index in [2.05, 4.69) is 25.2 Å². The lowest BCUT2D eigenvalue weighted by atomic mass is 10.0. The molecule has 2 aromatic carbocycles. The first-order chi connectivity index (χ1) is 11.9. The summed E-state index contributed by atoms with van der Waals surface area (Å²) in [5.41, 5.74) is 5.60. The second kappa shape index (κ2) is 7.06. The highest BCUT2D eigenvalue weighted by Crippen LogP contribution is 2.22. The van der Waals surface area contributed by atoms with Gasteiger partial charge in [0, 0.05) is 16.8 Å². The van der Waals surface area contributed by atoms with Gasteiger partial charge >= 0.3 is 0 Å². The highest BCUT2D eigenvalue weighted by Gasteiger charge is 2.14. The zero-order chi connectivity index (χ0) is 18.0. The summed E-state index contributed by atoms with van der Waals surface area (Å²) in [6, 6.07) is 15.8. The maximum absolute atomic E-state index is 12.9. The van der Waals surface area contributed by atoms with Gasteiger partial charge in [-0.2, -0.15) is 0 Å². The van der Waals surface area contributed by atoms with E-state index in [1.54, 1.807) is 0 Å².